The molecule has 1 atom stereocenters. The molecule has 1 fully saturated rings. The van der Waals surface area contributed by atoms with Gasteiger partial charge in [-0.15, -0.1) is 0 Å². The first-order valence-electron chi connectivity index (χ1n) is 8.70. The average molecular weight is 324 g/mol. The SMILES string of the molecule is CC(C)(C)[Si](C)(C)OCCCC1=CC(=O)N2CCC[C@@]2(C)C1. The maximum Gasteiger partial charge on any atom is 0.246 e. The zero-order chi connectivity index (χ0) is 16.6. The maximum atomic E-state index is 12.2. The van der Waals surface area contributed by atoms with Crippen LogP contribution in [0.4, 0.5) is 0 Å². The van der Waals surface area contributed by atoms with E-state index in [0.29, 0.717) is 0 Å². The summed E-state index contributed by atoms with van der Waals surface area (Å²) >= 11 is 0. The van der Waals surface area contributed by atoms with Crippen molar-refractivity contribution in [3.8, 4) is 0 Å². The number of carbonyl (C=O) groups excluding carboxylic acids is 1. The van der Waals surface area contributed by atoms with E-state index in [1.54, 1.807) is 0 Å². The Morgan fingerprint density at radius 2 is 2.05 bits per heavy atom. The molecule has 4 heteroatoms. The summed E-state index contributed by atoms with van der Waals surface area (Å²) in [6.07, 6.45) is 7.28. The largest absolute Gasteiger partial charge is 0.417 e. The Kier molecular flexibility index (Phi) is 4.93. The van der Waals surface area contributed by atoms with E-state index in [9.17, 15) is 4.79 Å². The summed E-state index contributed by atoms with van der Waals surface area (Å²) in [6.45, 7) is 15.4. The van der Waals surface area contributed by atoms with Crippen molar-refractivity contribution < 1.29 is 9.22 Å². The first-order valence-corrected chi connectivity index (χ1v) is 11.6. The lowest BCUT2D eigenvalue weighted by Gasteiger charge is -2.39. The first-order chi connectivity index (χ1) is 10.1. The Bertz CT molecular complexity index is 464. The molecule has 2 rings (SSSR count). The van der Waals surface area contributed by atoms with Crippen LogP contribution in [0.3, 0.4) is 0 Å². The fourth-order valence-electron chi connectivity index (χ4n) is 3.38. The minimum Gasteiger partial charge on any atom is -0.417 e. The van der Waals surface area contributed by atoms with Crippen LogP contribution < -0.4 is 0 Å². The van der Waals surface area contributed by atoms with Gasteiger partial charge in [-0.1, -0.05) is 26.3 Å². The lowest BCUT2D eigenvalue weighted by atomic mass is 9.85. The second-order valence-electron chi connectivity index (χ2n) is 8.78. The van der Waals surface area contributed by atoms with Gasteiger partial charge in [-0.3, -0.25) is 4.79 Å². The third kappa shape index (κ3) is 3.65. The monoisotopic (exact) mass is 323 g/mol. The molecule has 2 aliphatic heterocycles. The second kappa shape index (κ2) is 6.12. The molecule has 0 unspecified atom stereocenters. The normalized spacial score (nSPS) is 26.2. The van der Waals surface area contributed by atoms with Gasteiger partial charge >= 0.3 is 0 Å². The highest BCUT2D eigenvalue weighted by atomic mass is 28.4. The Balaban J connectivity index is 1.83. The lowest BCUT2D eigenvalue weighted by molar-refractivity contribution is -0.130. The van der Waals surface area contributed by atoms with Crippen molar-refractivity contribution in [2.45, 2.75) is 83.5 Å². The van der Waals surface area contributed by atoms with Crippen molar-refractivity contribution in [2.24, 2.45) is 0 Å². The summed E-state index contributed by atoms with van der Waals surface area (Å²) in [4.78, 5) is 14.3. The Labute approximate surface area is 137 Å². The van der Waals surface area contributed by atoms with Crippen molar-refractivity contribution in [3.05, 3.63) is 11.6 Å². The molecule has 0 N–H and O–H groups in total. The third-order valence-corrected chi connectivity index (χ3v) is 10.4. The fraction of sp³-hybridized carbons (Fsp3) is 0.833. The number of nitrogens with zero attached hydrogens (tertiary/aromatic N) is 1. The van der Waals surface area contributed by atoms with E-state index in [1.165, 1.54) is 5.57 Å². The van der Waals surface area contributed by atoms with E-state index in [2.05, 4.69) is 45.7 Å². The van der Waals surface area contributed by atoms with Crippen molar-refractivity contribution in [2.75, 3.05) is 13.2 Å². The van der Waals surface area contributed by atoms with Crippen LogP contribution >= 0.6 is 0 Å². The molecule has 1 saturated heterocycles. The van der Waals surface area contributed by atoms with E-state index in [-0.39, 0.29) is 16.5 Å². The Morgan fingerprint density at radius 1 is 1.36 bits per heavy atom. The standard InChI is InChI=1S/C18H33NO2Si/c1-17(2,3)22(5,6)21-12-7-9-15-13-16(20)19-11-8-10-18(19,4)14-15/h13H,7-12,14H2,1-6H3/t18-/m0/s1. The summed E-state index contributed by atoms with van der Waals surface area (Å²) < 4.78 is 6.24. The van der Waals surface area contributed by atoms with Gasteiger partial charge in [-0.2, -0.15) is 0 Å². The molecule has 0 spiro atoms. The Morgan fingerprint density at radius 3 is 2.68 bits per heavy atom. The number of rotatable bonds is 5. The number of amides is 1. The number of hydrogen-bond donors (Lipinski definition) is 0. The molecule has 0 bridgehead atoms. The van der Waals surface area contributed by atoms with Gasteiger partial charge in [0, 0.05) is 24.8 Å². The van der Waals surface area contributed by atoms with Crippen LogP contribution in [0.25, 0.3) is 0 Å². The third-order valence-electron chi connectivity index (χ3n) is 5.86. The molecule has 22 heavy (non-hydrogen) atoms. The summed E-state index contributed by atoms with van der Waals surface area (Å²) in [5, 5.41) is 0.269. The molecule has 3 nitrogen and oxygen atoms in total. The first kappa shape index (κ1) is 17.7. The van der Waals surface area contributed by atoms with Gasteiger partial charge in [0.15, 0.2) is 8.32 Å². The zero-order valence-corrected chi connectivity index (χ0v) is 16.3. The fourth-order valence-corrected chi connectivity index (χ4v) is 4.47. The number of hydrogen-bond acceptors (Lipinski definition) is 2. The van der Waals surface area contributed by atoms with Gasteiger partial charge < -0.3 is 9.33 Å². The van der Waals surface area contributed by atoms with Gasteiger partial charge in [0.2, 0.25) is 5.91 Å². The van der Waals surface area contributed by atoms with Gasteiger partial charge in [-0.05, 0) is 57.2 Å². The molecule has 0 saturated carbocycles. The highest BCUT2D eigenvalue weighted by molar-refractivity contribution is 6.74. The van der Waals surface area contributed by atoms with Crippen LogP contribution in [-0.4, -0.2) is 37.8 Å². The Hall–Kier alpha value is -0.613. The van der Waals surface area contributed by atoms with Gasteiger partial charge in [0.1, 0.15) is 0 Å². The summed E-state index contributed by atoms with van der Waals surface area (Å²) in [5.41, 5.74) is 1.41. The van der Waals surface area contributed by atoms with Gasteiger partial charge in [0.25, 0.3) is 0 Å². The van der Waals surface area contributed by atoms with Crippen LogP contribution in [0.2, 0.25) is 18.1 Å². The van der Waals surface area contributed by atoms with E-state index in [4.69, 9.17) is 4.43 Å². The molecule has 1 amide bonds. The molecular formula is C18H33NO2Si. The van der Waals surface area contributed by atoms with E-state index >= 15 is 0 Å². The minimum atomic E-state index is -1.64. The topological polar surface area (TPSA) is 29.5 Å². The van der Waals surface area contributed by atoms with E-state index in [1.807, 2.05) is 6.08 Å². The molecule has 126 valence electrons. The zero-order valence-electron chi connectivity index (χ0n) is 15.3. The quantitative estimate of drug-likeness (QED) is 0.551. The molecule has 0 aliphatic carbocycles. The van der Waals surface area contributed by atoms with Crippen molar-refractivity contribution >= 4 is 14.2 Å². The average Bonchev–Trinajstić information content (AvgIpc) is 2.75. The minimum absolute atomic E-state index is 0.0848. The van der Waals surface area contributed by atoms with E-state index < -0.39 is 8.32 Å². The second-order valence-corrected chi connectivity index (χ2v) is 13.6. The van der Waals surface area contributed by atoms with Crippen LogP contribution in [0.5, 0.6) is 0 Å². The summed E-state index contributed by atoms with van der Waals surface area (Å²) in [5.74, 6) is 0.228. The lowest BCUT2D eigenvalue weighted by Crippen LogP contribution is -2.47. The molecule has 0 radical (unpaired) electrons. The highest BCUT2D eigenvalue weighted by Gasteiger charge is 2.42. The van der Waals surface area contributed by atoms with Crippen molar-refractivity contribution in [1.82, 2.24) is 4.90 Å². The highest BCUT2D eigenvalue weighted by Crippen LogP contribution is 2.39. The molecule has 0 aromatic heterocycles. The summed E-state index contributed by atoms with van der Waals surface area (Å²) in [6, 6.07) is 0. The predicted molar refractivity (Wildman–Crippen MR) is 94.4 cm³/mol. The summed E-state index contributed by atoms with van der Waals surface area (Å²) in [7, 11) is -1.64. The van der Waals surface area contributed by atoms with Gasteiger partial charge in [0.05, 0.1) is 0 Å². The van der Waals surface area contributed by atoms with E-state index in [0.717, 1.165) is 45.3 Å². The van der Waals surface area contributed by atoms with Crippen molar-refractivity contribution in [1.29, 1.82) is 0 Å². The number of fused-ring (bicyclic) bond motifs is 1. The molecular weight excluding hydrogens is 290 g/mol. The van der Waals surface area contributed by atoms with Gasteiger partial charge in [-0.25, -0.2) is 0 Å². The van der Waals surface area contributed by atoms with Crippen LogP contribution in [0, 0.1) is 0 Å². The molecule has 0 aromatic carbocycles. The van der Waals surface area contributed by atoms with Crippen molar-refractivity contribution in [3.63, 3.8) is 0 Å². The van der Waals surface area contributed by atoms with Crippen LogP contribution in [0.1, 0.15) is 59.8 Å². The molecule has 2 aliphatic rings. The van der Waals surface area contributed by atoms with Crippen LogP contribution in [-0.2, 0) is 9.22 Å². The smallest absolute Gasteiger partial charge is 0.246 e. The van der Waals surface area contributed by atoms with Crippen LogP contribution in [0.15, 0.2) is 11.6 Å². The maximum absolute atomic E-state index is 12.2. The molecule has 2 heterocycles. The number of carbonyl (C=O) groups is 1. The predicted octanol–water partition coefficient (Wildman–Crippen LogP) is 4.50. The molecule has 0 aromatic rings.